The molecule has 0 saturated carbocycles. The maximum atomic E-state index is 13.3. The van der Waals surface area contributed by atoms with Crippen molar-refractivity contribution in [3.8, 4) is 5.75 Å². The van der Waals surface area contributed by atoms with E-state index >= 15 is 0 Å². The Hall–Kier alpha value is -3.51. The molecule has 39 heavy (non-hydrogen) atoms. The van der Waals surface area contributed by atoms with Crippen LogP contribution in [0.5, 0.6) is 5.75 Å². The number of carbonyl (C=O) groups is 4. The number of rotatable bonds is 13. The summed E-state index contributed by atoms with van der Waals surface area (Å²) in [6.07, 6.45) is 2.75. The molecular formula is C27H37N5O6S. The van der Waals surface area contributed by atoms with Crippen LogP contribution in [-0.2, 0) is 25.7 Å². The Labute approximate surface area is 232 Å². The van der Waals surface area contributed by atoms with Crippen LogP contribution in [0, 0.1) is 19.8 Å². The second kappa shape index (κ2) is 14.6. The molecule has 1 aliphatic heterocycles. The fourth-order valence-electron chi connectivity index (χ4n) is 4.39. The molecule has 0 aliphatic carbocycles. The summed E-state index contributed by atoms with van der Waals surface area (Å²) in [4.78, 5) is 49.7. The standard InChI is InChI=1S/C27H37N5O6S/c1-16-6-7-21(38-10-8-19-5-4-9-28-14-19)12-20(16)15-29-27(37)25(22-11-17(2)39-32-22)31-26(36)23(13-24(34)35)30-18(3)33/h6-7,11-12,19,23,25,28H,4-5,8-10,13-15H2,1-3H3,(H,29,37)(H,30,33)(H,31,36)(H,34,35)/t19?,23-,25?/m0/s1. The Morgan fingerprint density at radius 1 is 1.18 bits per heavy atom. The summed E-state index contributed by atoms with van der Waals surface area (Å²) in [6, 6.07) is 4.92. The molecule has 212 valence electrons. The minimum atomic E-state index is -1.34. The summed E-state index contributed by atoms with van der Waals surface area (Å²) in [5.74, 6) is -1.79. The highest BCUT2D eigenvalue weighted by atomic mass is 32.1. The first-order valence-electron chi connectivity index (χ1n) is 13.1. The summed E-state index contributed by atoms with van der Waals surface area (Å²) in [5.41, 5.74) is 2.16. The predicted molar refractivity (Wildman–Crippen MR) is 146 cm³/mol. The molecule has 2 unspecified atom stereocenters. The molecule has 0 radical (unpaired) electrons. The summed E-state index contributed by atoms with van der Waals surface area (Å²) < 4.78 is 10.3. The van der Waals surface area contributed by atoms with Crippen LogP contribution in [0.3, 0.4) is 0 Å². The van der Waals surface area contributed by atoms with Crippen molar-refractivity contribution in [2.75, 3.05) is 19.7 Å². The van der Waals surface area contributed by atoms with E-state index in [1.165, 1.54) is 31.3 Å². The summed E-state index contributed by atoms with van der Waals surface area (Å²) in [7, 11) is 0. The van der Waals surface area contributed by atoms with Gasteiger partial charge < -0.3 is 31.1 Å². The Bertz CT molecular complexity index is 1150. The molecule has 3 rings (SSSR count). The van der Waals surface area contributed by atoms with Gasteiger partial charge in [-0.2, -0.15) is 4.37 Å². The van der Waals surface area contributed by atoms with Crippen LogP contribution in [0.1, 0.15) is 60.3 Å². The van der Waals surface area contributed by atoms with Gasteiger partial charge in [-0.15, -0.1) is 0 Å². The van der Waals surface area contributed by atoms with E-state index in [9.17, 15) is 19.2 Å². The number of carboxylic acids is 1. The lowest BCUT2D eigenvalue weighted by atomic mass is 9.97. The Morgan fingerprint density at radius 3 is 2.62 bits per heavy atom. The Balaban J connectivity index is 1.65. The lowest BCUT2D eigenvalue weighted by molar-refractivity contribution is -0.140. The molecule has 1 aromatic heterocycles. The molecule has 1 fully saturated rings. The van der Waals surface area contributed by atoms with Crippen LogP contribution in [0.15, 0.2) is 24.3 Å². The number of hydrogen-bond donors (Lipinski definition) is 5. The van der Waals surface area contributed by atoms with Crippen molar-refractivity contribution in [1.82, 2.24) is 25.6 Å². The number of piperidine rings is 1. The van der Waals surface area contributed by atoms with E-state index in [0.717, 1.165) is 41.3 Å². The molecule has 1 aliphatic rings. The van der Waals surface area contributed by atoms with E-state index in [1.807, 2.05) is 32.0 Å². The number of hydrogen-bond acceptors (Lipinski definition) is 8. The number of carboxylic acid groups (broad SMARTS) is 1. The van der Waals surface area contributed by atoms with Crippen molar-refractivity contribution in [2.24, 2.45) is 5.92 Å². The number of aliphatic carboxylic acids is 1. The molecule has 5 N–H and O–H groups in total. The zero-order valence-electron chi connectivity index (χ0n) is 22.5. The summed E-state index contributed by atoms with van der Waals surface area (Å²) >= 11 is 1.18. The van der Waals surface area contributed by atoms with E-state index in [-0.39, 0.29) is 6.54 Å². The van der Waals surface area contributed by atoms with Gasteiger partial charge in [-0.05, 0) is 93.0 Å². The highest BCUT2D eigenvalue weighted by molar-refractivity contribution is 7.05. The van der Waals surface area contributed by atoms with Gasteiger partial charge in [0.1, 0.15) is 11.8 Å². The van der Waals surface area contributed by atoms with Crippen LogP contribution in [0.25, 0.3) is 0 Å². The zero-order valence-corrected chi connectivity index (χ0v) is 23.4. The van der Waals surface area contributed by atoms with E-state index in [4.69, 9.17) is 9.84 Å². The highest BCUT2D eigenvalue weighted by Crippen LogP contribution is 2.21. The van der Waals surface area contributed by atoms with Gasteiger partial charge in [0.2, 0.25) is 17.7 Å². The predicted octanol–water partition coefficient (Wildman–Crippen LogP) is 1.98. The molecule has 0 spiro atoms. The average Bonchev–Trinajstić information content (AvgIpc) is 3.32. The van der Waals surface area contributed by atoms with Crippen LogP contribution >= 0.6 is 11.5 Å². The topological polar surface area (TPSA) is 159 Å². The summed E-state index contributed by atoms with van der Waals surface area (Å²) in [5, 5.41) is 20.3. The second-order valence-electron chi connectivity index (χ2n) is 9.81. The van der Waals surface area contributed by atoms with Crippen molar-refractivity contribution in [3.63, 3.8) is 0 Å². The second-order valence-corrected chi connectivity index (χ2v) is 10.8. The van der Waals surface area contributed by atoms with E-state index in [2.05, 4.69) is 25.6 Å². The SMILES string of the molecule is CC(=O)N[C@@H](CC(=O)O)C(=O)NC(C(=O)NCc1cc(OCCC2CCCNC2)ccc1C)c1cc(C)sn1. The van der Waals surface area contributed by atoms with E-state index < -0.39 is 42.2 Å². The van der Waals surface area contributed by atoms with Crippen molar-refractivity contribution in [3.05, 3.63) is 46.0 Å². The van der Waals surface area contributed by atoms with E-state index in [1.54, 1.807) is 6.07 Å². The number of carbonyl (C=O) groups excluding carboxylic acids is 3. The minimum absolute atomic E-state index is 0.189. The largest absolute Gasteiger partial charge is 0.494 e. The molecule has 3 atom stereocenters. The van der Waals surface area contributed by atoms with Gasteiger partial charge in [-0.1, -0.05) is 6.07 Å². The number of nitrogens with one attached hydrogen (secondary N) is 4. The lowest BCUT2D eigenvalue weighted by Crippen LogP contribution is -2.50. The lowest BCUT2D eigenvalue weighted by Gasteiger charge is -2.22. The third kappa shape index (κ3) is 9.63. The number of aromatic nitrogens is 1. The number of nitrogens with zero attached hydrogens (tertiary/aromatic N) is 1. The first-order chi connectivity index (χ1) is 18.6. The molecule has 1 saturated heterocycles. The normalized spacial score (nSPS) is 16.5. The van der Waals surface area contributed by atoms with Gasteiger partial charge in [0.25, 0.3) is 0 Å². The molecule has 2 aromatic rings. The molecular weight excluding hydrogens is 522 g/mol. The average molecular weight is 560 g/mol. The monoisotopic (exact) mass is 559 g/mol. The molecule has 11 nitrogen and oxygen atoms in total. The van der Waals surface area contributed by atoms with Crippen LogP contribution in [0.2, 0.25) is 0 Å². The first-order valence-corrected chi connectivity index (χ1v) is 13.8. The van der Waals surface area contributed by atoms with Crippen LogP contribution in [-0.4, -0.2) is 58.9 Å². The highest BCUT2D eigenvalue weighted by Gasteiger charge is 2.30. The van der Waals surface area contributed by atoms with Gasteiger partial charge in [0.15, 0.2) is 6.04 Å². The van der Waals surface area contributed by atoms with Gasteiger partial charge >= 0.3 is 5.97 Å². The molecule has 0 bridgehead atoms. The third-order valence-corrected chi connectivity index (χ3v) is 7.24. The van der Waals surface area contributed by atoms with Gasteiger partial charge in [0.05, 0.1) is 18.7 Å². The molecule has 12 heteroatoms. The zero-order chi connectivity index (χ0) is 28.4. The molecule has 3 amide bonds. The molecule has 2 heterocycles. The number of aryl methyl sites for hydroxylation is 2. The maximum absolute atomic E-state index is 13.3. The van der Waals surface area contributed by atoms with E-state index in [0.29, 0.717) is 18.2 Å². The van der Waals surface area contributed by atoms with Crippen molar-refractivity contribution < 1.29 is 29.0 Å². The minimum Gasteiger partial charge on any atom is -0.494 e. The van der Waals surface area contributed by atoms with Crippen molar-refractivity contribution in [2.45, 2.75) is 65.1 Å². The summed E-state index contributed by atoms with van der Waals surface area (Å²) in [6.45, 7) is 7.85. The smallest absolute Gasteiger partial charge is 0.305 e. The fourth-order valence-corrected chi connectivity index (χ4v) is 4.97. The Kier molecular flexibility index (Phi) is 11.2. The van der Waals surface area contributed by atoms with Crippen LogP contribution < -0.4 is 26.0 Å². The fraction of sp³-hybridized carbons (Fsp3) is 0.519. The number of benzene rings is 1. The van der Waals surface area contributed by atoms with Crippen molar-refractivity contribution >= 4 is 35.2 Å². The van der Waals surface area contributed by atoms with Crippen LogP contribution in [0.4, 0.5) is 0 Å². The van der Waals surface area contributed by atoms with Gasteiger partial charge in [-0.25, -0.2) is 0 Å². The quantitative estimate of drug-likeness (QED) is 0.249. The Morgan fingerprint density at radius 2 is 1.97 bits per heavy atom. The maximum Gasteiger partial charge on any atom is 0.305 e. The molecule has 1 aromatic carbocycles. The first kappa shape index (κ1) is 30.0. The number of ether oxygens (including phenoxy) is 1. The van der Waals surface area contributed by atoms with Gasteiger partial charge in [-0.3, -0.25) is 19.2 Å². The number of amides is 3. The van der Waals surface area contributed by atoms with Crippen molar-refractivity contribution in [1.29, 1.82) is 0 Å². The van der Waals surface area contributed by atoms with Gasteiger partial charge in [0, 0.05) is 18.3 Å². The third-order valence-electron chi connectivity index (χ3n) is 6.53.